The van der Waals surface area contributed by atoms with E-state index < -0.39 is 0 Å². The first-order valence-corrected chi connectivity index (χ1v) is 8.10. The Morgan fingerprint density at radius 3 is 2.58 bits per heavy atom. The van der Waals surface area contributed by atoms with Crippen molar-refractivity contribution in [3.05, 3.63) is 83.4 Å². The average molecular weight is 335 g/mol. The van der Waals surface area contributed by atoms with Crippen molar-refractivity contribution < 1.29 is 4.42 Å². The molecule has 0 aliphatic heterocycles. The molecule has 0 bridgehead atoms. The van der Waals surface area contributed by atoms with Gasteiger partial charge in [-0.2, -0.15) is 0 Å². The largest absolute Gasteiger partial charge is 0.436 e. The summed E-state index contributed by atoms with van der Waals surface area (Å²) in [6.45, 7) is 0.730. The van der Waals surface area contributed by atoms with Gasteiger partial charge in [-0.15, -0.1) is 0 Å². The second-order valence-electron chi connectivity index (χ2n) is 5.55. The van der Waals surface area contributed by atoms with Gasteiger partial charge in [0.1, 0.15) is 5.52 Å². The quantitative estimate of drug-likeness (QED) is 0.515. The zero-order valence-corrected chi connectivity index (χ0v) is 13.6. The van der Waals surface area contributed by atoms with Gasteiger partial charge in [0.2, 0.25) is 5.89 Å². The van der Waals surface area contributed by atoms with E-state index in [2.05, 4.69) is 10.3 Å². The van der Waals surface area contributed by atoms with Gasteiger partial charge in [-0.25, -0.2) is 4.98 Å². The molecule has 0 unspecified atom stereocenters. The van der Waals surface area contributed by atoms with Crippen LogP contribution in [0.4, 0.5) is 5.69 Å². The maximum absolute atomic E-state index is 5.91. The smallest absolute Gasteiger partial charge is 0.227 e. The number of anilines is 1. The molecule has 1 N–H and O–H groups in total. The fourth-order valence-electron chi connectivity index (χ4n) is 2.56. The van der Waals surface area contributed by atoms with Gasteiger partial charge in [0, 0.05) is 22.8 Å². The predicted octanol–water partition coefficient (Wildman–Crippen LogP) is 5.76. The second-order valence-corrected chi connectivity index (χ2v) is 5.98. The van der Waals surface area contributed by atoms with Crippen molar-refractivity contribution in [3.8, 4) is 11.5 Å². The Balaban J connectivity index is 1.55. The fraction of sp³-hybridized carbons (Fsp3) is 0.0500. The maximum atomic E-state index is 5.91. The lowest BCUT2D eigenvalue weighted by atomic mass is 10.2. The van der Waals surface area contributed by atoms with Crippen LogP contribution in [-0.2, 0) is 6.54 Å². The molecular formula is C20H15ClN2O. The maximum Gasteiger partial charge on any atom is 0.227 e. The van der Waals surface area contributed by atoms with Gasteiger partial charge < -0.3 is 9.73 Å². The summed E-state index contributed by atoms with van der Waals surface area (Å²) in [5, 5.41) is 4.16. The molecule has 0 fully saturated rings. The van der Waals surface area contributed by atoms with Crippen LogP contribution in [0.2, 0.25) is 5.02 Å². The summed E-state index contributed by atoms with van der Waals surface area (Å²) < 4.78 is 5.83. The molecule has 0 saturated carbocycles. The molecule has 3 nitrogen and oxygen atoms in total. The summed E-state index contributed by atoms with van der Waals surface area (Å²) in [6, 6.07) is 23.7. The molecule has 4 heteroatoms. The minimum absolute atomic E-state index is 0.631. The number of fused-ring (bicyclic) bond motifs is 1. The van der Waals surface area contributed by atoms with Gasteiger partial charge in [-0.1, -0.05) is 41.9 Å². The van der Waals surface area contributed by atoms with E-state index in [1.807, 2.05) is 72.8 Å². The van der Waals surface area contributed by atoms with E-state index in [1.165, 1.54) is 5.56 Å². The van der Waals surface area contributed by atoms with E-state index in [9.17, 15) is 0 Å². The van der Waals surface area contributed by atoms with Crippen LogP contribution in [0.3, 0.4) is 0 Å². The van der Waals surface area contributed by atoms with Gasteiger partial charge >= 0.3 is 0 Å². The van der Waals surface area contributed by atoms with Gasteiger partial charge in [-0.05, 0) is 48.0 Å². The first kappa shape index (κ1) is 14.8. The molecule has 0 aliphatic carbocycles. The third-order valence-electron chi connectivity index (χ3n) is 3.81. The number of nitrogens with zero attached hydrogens (tertiary/aromatic N) is 1. The van der Waals surface area contributed by atoms with Crippen molar-refractivity contribution in [2.45, 2.75) is 6.54 Å². The van der Waals surface area contributed by atoms with Crippen LogP contribution in [0, 0.1) is 0 Å². The summed E-state index contributed by atoms with van der Waals surface area (Å²) in [4.78, 5) is 4.54. The first-order valence-electron chi connectivity index (χ1n) is 7.72. The molecule has 0 amide bonds. The van der Waals surface area contributed by atoms with Crippen LogP contribution in [0.5, 0.6) is 0 Å². The van der Waals surface area contributed by atoms with E-state index >= 15 is 0 Å². The SMILES string of the molecule is Clc1ccc(CNc2cccc(-c3nc4ccccc4o3)c2)cc1. The molecule has 0 atom stereocenters. The number of rotatable bonds is 4. The highest BCUT2D eigenvalue weighted by Crippen LogP contribution is 2.26. The van der Waals surface area contributed by atoms with Crippen molar-refractivity contribution in [1.29, 1.82) is 0 Å². The molecule has 24 heavy (non-hydrogen) atoms. The van der Waals surface area contributed by atoms with Crippen LogP contribution < -0.4 is 5.32 Å². The number of benzene rings is 3. The number of aromatic nitrogens is 1. The molecule has 0 spiro atoms. The highest BCUT2D eigenvalue weighted by Gasteiger charge is 2.08. The van der Waals surface area contributed by atoms with Crippen LogP contribution in [-0.4, -0.2) is 4.98 Å². The highest BCUT2D eigenvalue weighted by molar-refractivity contribution is 6.30. The van der Waals surface area contributed by atoms with Gasteiger partial charge in [0.25, 0.3) is 0 Å². The minimum Gasteiger partial charge on any atom is -0.436 e. The topological polar surface area (TPSA) is 38.1 Å². The zero-order chi connectivity index (χ0) is 16.4. The second kappa shape index (κ2) is 6.38. The molecular weight excluding hydrogens is 320 g/mol. The standard InChI is InChI=1S/C20H15ClN2O/c21-16-10-8-14(9-11-16)13-22-17-5-3-4-15(12-17)20-23-18-6-1-2-7-19(18)24-20/h1-12,22H,13H2. The highest BCUT2D eigenvalue weighted by atomic mass is 35.5. The normalized spacial score (nSPS) is 10.9. The van der Waals surface area contributed by atoms with E-state index in [0.717, 1.165) is 33.9 Å². The lowest BCUT2D eigenvalue weighted by Gasteiger charge is -2.07. The van der Waals surface area contributed by atoms with Gasteiger partial charge in [-0.3, -0.25) is 0 Å². The summed E-state index contributed by atoms with van der Waals surface area (Å²) in [5.74, 6) is 0.631. The van der Waals surface area contributed by atoms with E-state index in [-0.39, 0.29) is 0 Å². The average Bonchev–Trinajstić information content (AvgIpc) is 3.06. The van der Waals surface area contributed by atoms with Crippen molar-refractivity contribution in [2.75, 3.05) is 5.32 Å². The molecule has 0 aliphatic rings. The summed E-state index contributed by atoms with van der Waals surface area (Å²) in [6.07, 6.45) is 0. The number of nitrogens with one attached hydrogen (secondary N) is 1. The Hall–Kier alpha value is -2.78. The predicted molar refractivity (Wildman–Crippen MR) is 98.2 cm³/mol. The number of para-hydroxylation sites is 2. The number of oxazole rings is 1. The third kappa shape index (κ3) is 3.12. The van der Waals surface area contributed by atoms with Crippen molar-refractivity contribution in [1.82, 2.24) is 4.98 Å². The van der Waals surface area contributed by atoms with Crippen LogP contribution in [0.1, 0.15) is 5.56 Å². The lowest BCUT2D eigenvalue weighted by Crippen LogP contribution is -1.99. The van der Waals surface area contributed by atoms with Crippen molar-refractivity contribution in [2.24, 2.45) is 0 Å². The summed E-state index contributed by atoms with van der Waals surface area (Å²) >= 11 is 5.91. The van der Waals surface area contributed by atoms with Crippen LogP contribution in [0.25, 0.3) is 22.6 Å². The summed E-state index contributed by atoms with van der Waals surface area (Å²) in [5.41, 5.74) is 4.81. The molecule has 0 saturated heterocycles. The van der Waals surface area contributed by atoms with Crippen LogP contribution >= 0.6 is 11.6 Å². The van der Waals surface area contributed by atoms with Gasteiger partial charge in [0.15, 0.2) is 5.58 Å². The fourth-order valence-corrected chi connectivity index (χ4v) is 2.69. The number of hydrogen-bond acceptors (Lipinski definition) is 3. The van der Waals surface area contributed by atoms with Crippen molar-refractivity contribution in [3.63, 3.8) is 0 Å². The zero-order valence-electron chi connectivity index (χ0n) is 12.9. The monoisotopic (exact) mass is 334 g/mol. The Labute approximate surface area is 144 Å². The van der Waals surface area contributed by atoms with E-state index in [0.29, 0.717) is 5.89 Å². The summed E-state index contributed by atoms with van der Waals surface area (Å²) in [7, 11) is 0. The molecule has 4 rings (SSSR count). The molecule has 4 aromatic rings. The lowest BCUT2D eigenvalue weighted by molar-refractivity contribution is 0.620. The molecule has 1 heterocycles. The van der Waals surface area contributed by atoms with Gasteiger partial charge in [0.05, 0.1) is 0 Å². The number of hydrogen-bond donors (Lipinski definition) is 1. The molecule has 3 aromatic carbocycles. The minimum atomic E-state index is 0.631. The van der Waals surface area contributed by atoms with Crippen LogP contribution in [0.15, 0.2) is 77.2 Å². The Kier molecular flexibility index (Phi) is 3.93. The van der Waals surface area contributed by atoms with Crippen molar-refractivity contribution >= 4 is 28.4 Å². The number of halogens is 1. The van der Waals surface area contributed by atoms with E-state index in [1.54, 1.807) is 0 Å². The Morgan fingerprint density at radius 2 is 1.75 bits per heavy atom. The third-order valence-corrected chi connectivity index (χ3v) is 4.07. The molecule has 0 radical (unpaired) electrons. The molecule has 118 valence electrons. The Bertz CT molecular complexity index is 943. The van der Waals surface area contributed by atoms with E-state index in [4.69, 9.17) is 16.0 Å². The first-order chi connectivity index (χ1) is 11.8. The Morgan fingerprint density at radius 1 is 0.917 bits per heavy atom. The molecule has 1 aromatic heterocycles.